The van der Waals surface area contributed by atoms with E-state index in [1.54, 1.807) is 48.7 Å². The lowest BCUT2D eigenvalue weighted by Gasteiger charge is -2.28. The Morgan fingerprint density at radius 3 is 1.59 bits per heavy atom. The predicted octanol–water partition coefficient (Wildman–Crippen LogP) is -0.708. The van der Waals surface area contributed by atoms with Gasteiger partial charge in [0.25, 0.3) is 0 Å². The number of hydrogen-bond acceptors (Lipinski definition) is 13. The van der Waals surface area contributed by atoms with Crippen LogP contribution in [-0.2, 0) is 57.6 Å². The summed E-state index contributed by atoms with van der Waals surface area (Å²) < 4.78 is 0. The zero-order valence-electron chi connectivity index (χ0n) is 37.5. The van der Waals surface area contributed by atoms with E-state index in [2.05, 4.69) is 41.9 Å². The topological polar surface area (TPSA) is 336 Å². The number of imidazole rings is 1. The van der Waals surface area contributed by atoms with Gasteiger partial charge in [0.15, 0.2) is 0 Å². The second-order valence-corrected chi connectivity index (χ2v) is 18.1. The number of primary amides is 2. The van der Waals surface area contributed by atoms with Crippen molar-refractivity contribution < 1.29 is 43.5 Å². The average Bonchev–Trinajstić information content (AvgIpc) is 3.79. The minimum absolute atomic E-state index is 0.00565. The highest BCUT2D eigenvalue weighted by Gasteiger charge is 2.34. The summed E-state index contributed by atoms with van der Waals surface area (Å²) in [5.41, 5.74) is 18.7. The number of thioether (sulfide) groups is 2. The number of nitrogens with two attached hydrogens (primary N) is 3. The molecule has 0 bridgehead atoms. The summed E-state index contributed by atoms with van der Waals surface area (Å²) in [6, 6.07) is 6.53. The summed E-state index contributed by atoms with van der Waals surface area (Å²) in [5, 5.41) is 25.7. The van der Waals surface area contributed by atoms with Gasteiger partial charge in [0, 0.05) is 24.7 Å². The quantitative estimate of drug-likeness (QED) is 0.0411. The Morgan fingerprint density at radius 1 is 0.621 bits per heavy atom. The second-order valence-electron chi connectivity index (χ2n) is 16.1. The number of carbonyl (C=O) groups excluding carboxylic acids is 8. The van der Waals surface area contributed by atoms with E-state index in [-0.39, 0.29) is 50.2 Å². The fourth-order valence-corrected chi connectivity index (χ4v) is 7.58. The monoisotopic (exact) mass is 953 g/mol. The van der Waals surface area contributed by atoms with Crippen LogP contribution in [0.15, 0.2) is 67.1 Å². The number of benzene rings is 2. The van der Waals surface area contributed by atoms with Gasteiger partial charge in [-0.3, -0.25) is 38.4 Å². The van der Waals surface area contributed by atoms with Gasteiger partial charge in [-0.15, -0.1) is 0 Å². The van der Waals surface area contributed by atoms with Crippen molar-refractivity contribution >= 4 is 70.8 Å². The van der Waals surface area contributed by atoms with Gasteiger partial charge in [-0.1, -0.05) is 56.3 Å². The molecule has 0 fully saturated rings. The van der Waals surface area contributed by atoms with Crippen LogP contribution in [-0.4, -0.2) is 129 Å². The van der Waals surface area contributed by atoms with Crippen LogP contribution in [0.4, 0.5) is 0 Å². The van der Waals surface area contributed by atoms with E-state index in [9.17, 15) is 43.5 Å². The molecular formula is C44H63N11O9S2. The Kier molecular flexibility index (Phi) is 23.0. The SMILES string of the molecule is CSCCC(NC(=O)C(N)Cc1ccc(O)cc1)C(=O)NC(Cc1ccccc1)C(=O)NC(Cc1cnc[nH]1)C(=O)NC(CC(C)C)C(=O)NC(CCSC)C(=O)NC(CC(N)=O)C(N)=O. The summed E-state index contributed by atoms with van der Waals surface area (Å²) >= 11 is 2.85. The lowest BCUT2D eigenvalue weighted by molar-refractivity contribution is -0.135. The van der Waals surface area contributed by atoms with Crippen LogP contribution in [0.5, 0.6) is 5.75 Å². The average molecular weight is 954 g/mol. The minimum Gasteiger partial charge on any atom is -0.508 e. The smallest absolute Gasteiger partial charge is 0.243 e. The van der Waals surface area contributed by atoms with Crippen molar-refractivity contribution in [3.8, 4) is 5.75 Å². The number of aromatic nitrogens is 2. The molecule has 22 heteroatoms. The first-order valence-electron chi connectivity index (χ1n) is 21.3. The molecule has 7 unspecified atom stereocenters. The van der Waals surface area contributed by atoms with Gasteiger partial charge in [-0.25, -0.2) is 4.98 Å². The van der Waals surface area contributed by atoms with Gasteiger partial charge in [0.05, 0.1) is 18.8 Å². The van der Waals surface area contributed by atoms with Crippen LogP contribution in [0.25, 0.3) is 0 Å². The summed E-state index contributed by atoms with van der Waals surface area (Å²) in [5.74, 6) is -5.37. The van der Waals surface area contributed by atoms with E-state index in [1.165, 1.54) is 48.2 Å². The molecule has 7 atom stereocenters. The molecule has 8 amide bonds. The van der Waals surface area contributed by atoms with E-state index in [4.69, 9.17) is 17.2 Å². The largest absolute Gasteiger partial charge is 0.508 e. The normalized spacial score (nSPS) is 14.3. The van der Waals surface area contributed by atoms with E-state index in [0.717, 1.165) is 0 Å². The van der Waals surface area contributed by atoms with E-state index < -0.39 is 96.0 Å². The van der Waals surface area contributed by atoms with Crippen molar-refractivity contribution in [2.45, 2.75) is 101 Å². The molecule has 14 N–H and O–H groups in total. The standard InChI is InChI=1S/C44H63N11O9S2/c1-25(2)18-34(42(62)51-32(15-17-66-4)40(60)52-33(38(47)58)22-37(46)57)53-44(64)36(21-28-23-48-24-49-28)55-43(63)35(20-26-8-6-5-7-9-26)54-41(61)31(14-16-65-3)50-39(59)30(45)19-27-10-12-29(56)13-11-27/h5-13,23-25,30-36,56H,14-22,45H2,1-4H3,(H2,46,57)(H2,47,58)(H,48,49)(H,50,59)(H,51,62)(H,52,60)(H,53,64)(H,54,61)(H,55,63). The number of hydrogen-bond donors (Lipinski definition) is 11. The number of amides is 8. The fourth-order valence-electron chi connectivity index (χ4n) is 6.64. The van der Waals surface area contributed by atoms with E-state index in [1.807, 2.05) is 20.1 Å². The van der Waals surface area contributed by atoms with Crippen molar-refractivity contribution in [2.24, 2.45) is 23.1 Å². The number of rotatable bonds is 29. The summed E-state index contributed by atoms with van der Waals surface area (Å²) in [6.45, 7) is 3.65. The molecule has 1 aromatic heterocycles. The third kappa shape index (κ3) is 19.1. The Labute approximate surface area is 392 Å². The molecular weight excluding hydrogens is 891 g/mol. The molecule has 66 heavy (non-hydrogen) atoms. The highest BCUT2D eigenvalue weighted by Crippen LogP contribution is 2.13. The van der Waals surface area contributed by atoms with Crippen LogP contribution in [0, 0.1) is 5.92 Å². The van der Waals surface area contributed by atoms with Crippen LogP contribution < -0.4 is 49.1 Å². The van der Waals surface area contributed by atoms with Crippen molar-refractivity contribution in [3.05, 3.63) is 83.9 Å². The zero-order valence-corrected chi connectivity index (χ0v) is 39.2. The number of H-pyrrole nitrogens is 1. The number of phenols is 1. The minimum atomic E-state index is -1.42. The highest BCUT2D eigenvalue weighted by molar-refractivity contribution is 7.98. The zero-order chi connectivity index (χ0) is 48.8. The molecule has 0 aliphatic rings. The number of phenolic OH excluding ortho intramolecular Hbond substituents is 1. The first-order valence-corrected chi connectivity index (χ1v) is 24.1. The molecule has 0 spiro atoms. The molecule has 0 radical (unpaired) electrons. The Balaban J connectivity index is 1.89. The summed E-state index contributed by atoms with van der Waals surface area (Å²) in [4.78, 5) is 114. The number of aromatic amines is 1. The van der Waals surface area contributed by atoms with Crippen molar-refractivity contribution in [3.63, 3.8) is 0 Å². The number of nitrogens with zero attached hydrogens (tertiary/aromatic N) is 1. The van der Waals surface area contributed by atoms with Gasteiger partial charge in [0.1, 0.15) is 42.0 Å². The highest BCUT2D eigenvalue weighted by atomic mass is 32.2. The molecule has 3 rings (SSSR count). The predicted molar refractivity (Wildman–Crippen MR) is 252 cm³/mol. The molecule has 3 aromatic rings. The van der Waals surface area contributed by atoms with Gasteiger partial charge < -0.3 is 59.2 Å². The molecule has 0 saturated carbocycles. The molecule has 0 saturated heterocycles. The molecule has 0 aliphatic carbocycles. The van der Waals surface area contributed by atoms with Crippen LogP contribution >= 0.6 is 23.5 Å². The Hall–Kier alpha value is -6.13. The third-order valence-corrected chi connectivity index (χ3v) is 11.4. The Morgan fingerprint density at radius 2 is 1.09 bits per heavy atom. The first-order chi connectivity index (χ1) is 31.4. The Bertz CT molecular complexity index is 2060. The third-order valence-electron chi connectivity index (χ3n) is 10.1. The van der Waals surface area contributed by atoms with Gasteiger partial charge in [-0.2, -0.15) is 23.5 Å². The number of aromatic hydroxyl groups is 1. The van der Waals surface area contributed by atoms with Crippen LogP contribution in [0.3, 0.4) is 0 Å². The van der Waals surface area contributed by atoms with Crippen molar-refractivity contribution in [1.29, 1.82) is 0 Å². The molecule has 0 aliphatic heterocycles. The molecule has 20 nitrogen and oxygen atoms in total. The van der Waals surface area contributed by atoms with E-state index >= 15 is 0 Å². The maximum absolute atomic E-state index is 14.4. The van der Waals surface area contributed by atoms with Gasteiger partial charge >= 0.3 is 0 Å². The van der Waals surface area contributed by atoms with Gasteiger partial charge in [-0.05, 0) is 78.9 Å². The maximum atomic E-state index is 14.4. The van der Waals surface area contributed by atoms with Crippen molar-refractivity contribution in [2.75, 3.05) is 24.0 Å². The van der Waals surface area contributed by atoms with Crippen LogP contribution in [0.2, 0.25) is 0 Å². The fraction of sp³-hybridized carbons (Fsp3) is 0.477. The van der Waals surface area contributed by atoms with Crippen molar-refractivity contribution in [1.82, 2.24) is 41.9 Å². The summed E-state index contributed by atoms with van der Waals surface area (Å²) in [6.07, 6.45) is 6.38. The molecule has 1 heterocycles. The van der Waals surface area contributed by atoms with Crippen LogP contribution in [0.1, 0.15) is 56.4 Å². The lowest BCUT2D eigenvalue weighted by Crippen LogP contribution is -2.60. The second kappa shape index (κ2) is 28.0. The first kappa shape index (κ1) is 54.2. The van der Waals surface area contributed by atoms with Gasteiger partial charge in [0.2, 0.25) is 47.3 Å². The number of carbonyl (C=O) groups is 8. The number of nitrogens with one attached hydrogen (secondary N) is 7. The maximum Gasteiger partial charge on any atom is 0.243 e. The van der Waals surface area contributed by atoms with E-state index in [0.29, 0.717) is 28.3 Å². The molecule has 2 aromatic carbocycles. The lowest BCUT2D eigenvalue weighted by atomic mass is 10.0. The summed E-state index contributed by atoms with van der Waals surface area (Å²) in [7, 11) is 0. The molecule has 360 valence electrons.